The molecule has 2 aliphatic carbocycles. The van der Waals surface area contributed by atoms with Crippen LogP contribution in [0.25, 0.3) is 0 Å². The zero-order valence-electron chi connectivity index (χ0n) is 10.2. The van der Waals surface area contributed by atoms with Crippen LogP contribution in [0.2, 0.25) is 0 Å². The lowest BCUT2D eigenvalue weighted by Gasteiger charge is -2.28. The van der Waals surface area contributed by atoms with Gasteiger partial charge in [0.25, 0.3) is 0 Å². The smallest absolute Gasteiger partial charge is 0.186 e. The summed E-state index contributed by atoms with van der Waals surface area (Å²) in [7, 11) is 0. The van der Waals surface area contributed by atoms with Crippen LogP contribution in [0, 0.1) is 0 Å². The number of benzene rings is 2. The number of fused-ring (bicyclic) bond motifs is 5. The largest absolute Gasteiger partial charge is 0.292 e. The van der Waals surface area contributed by atoms with Crippen LogP contribution in [0.4, 0.5) is 0 Å². The van der Waals surface area contributed by atoms with Crippen LogP contribution in [-0.2, 0) is 8.65 Å². The van der Waals surface area contributed by atoms with Crippen molar-refractivity contribution in [2.24, 2.45) is 0 Å². The summed E-state index contributed by atoms with van der Waals surface area (Å²) < 4.78 is -2.09. The van der Waals surface area contributed by atoms with Gasteiger partial charge in [-0.3, -0.25) is 9.59 Å². The van der Waals surface area contributed by atoms with Gasteiger partial charge in [0, 0.05) is 11.1 Å². The second-order valence-corrected chi connectivity index (χ2v) is 7.45. The fraction of sp³-hybridized carbons (Fsp3) is 0.125. The molecular formula is C16H8Br2O2. The number of halogens is 2. The van der Waals surface area contributed by atoms with E-state index in [0.717, 1.165) is 11.1 Å². The molecule has 2 aliphatic rings. The lowest BCUT2D eigenvalue weighted by molar-refractivity contribution is 0.0887. The van der Waals surface area contributed by atoms with Crippen LogP contribution in [0.3, 0.4) is 0 Å². The number of carbonyl (C=O) groups is 2. The first kappa shape index (κ1) is 12.5. The fourth-order valence-electron chi connectivity index (χ4n) is 3.26. The Balaban J connectivity index is 2.15. The van der Waals surface area contributed by atoms with E-state index < -0.39 is 8.65 Å². The van der Waals surface area contributed by atoms with Crippen molar-refractivity contribution in [3.8, 4) is 0 Å². The van der Waals surface area contributed by atoms with Crippen LogP contribution in [0.5, 0.6) is 0 Å². The van der Waals surface area contributed by atoms with Gasteiger partial charge in [0.15, 0.2) is 11.6 Å². The second-order valence-electron chi connectivity index (χ2n) is 5.07. The monoisotopic (exact) mass is 390 g/mol. The molecule has 4 heteroatoms. The molecule has 0 fully saturated rings. The summed E-state index contributed by atoms with van der Waals surface area (Å²) in [6.45, 7) is 0. The predicted molar refractivity (Wildman–Crippen MR) is 82.8 cm³/mol. The molecule has 0 bridgehead atoms. The third-order valence-electron chi connectivity index (χ3n) is 4.19. The minimum atomic E-state index is -1.04. The minimum Gasteiger partial charge on any atom is -0.292 e. The zero-order valence-corrected chi connectivity index (χ0v) is 13.4. The van der Waals surface area contributed by atoms with Gasteiger partial charge in [0.05, 0.1) is 0 Å². The number of rotatable bonds is 0. The van der Waals surface area contributed by atoms with E-state index in [2.05, 4.69) is 31.9 Å². The van der Waals surface area contributed by atoms with Gasteiger partial charge in [-0.1, -0.05) is 80.4 Å². The van der Waals surface area contributed by atoms with E-state index in [1.807, 2.05) is 36.4 Å². The van der Waals surface area contributed by atoms with E-state index in [1.165, 1.54) is 0 Å². The zero-order chi connectivity index (χ0) is 14.1. The number of Topliss-reactive ketones (excluding diaryl/α,β-unsaturated/α-hetero) is 2. The van der Waals surface area contributed by atoms with Crippen molar-refractivity contribution in [2.75, 3.05) is 0 Å². The molecule has 2 nitrogen and oxygen atoms in total. The molecule has 2 aromatic rings. The van der Waals surface area contributed by atoms with E-state index in [9.17, 15) is 9.59 Å². The summed E-state index contributed by atoms with van der Waals surface area (Å²) in [5.74, 6) is -0.133. The van der Waals surface area contributed by atoms with Crippen molar-refractivity contribution in [1.82, 2.24) is 0 Å². The van der Waals surface area contributed by atoms with Crippen molar-refractivity contribution in [2.45, 2.75) is 8.65 Å². The van der Waals surface area contributed by atoms with E-state index in [0.29, 0.717) is 11.1 Å². The molecule has 2 atom stereocenters. The summed E-state index contributed by atoms with van der Waals surface area (Å²) >= 11 is 7.19. The van der Waals surface area contributed by atoms with E-state index in [-0.39, 0.29) is 11.6 Å². The highest BCUT2D eigenvalue weighted by Crippen LogP contribution is 2.65. The molecule has 0 aliphatic heterocycles. The van der Waals surface area contributed by atoms with Gasteiger partial charge in [-0.2, -0.15) is 0 Å². The van der Waals surface area contributed by atoms with Crippen molar-refractivity contribution in [1.29, 1.82) is 0 Å². The Hall–Kier alpha value is -1.26. The van der Waals surface area contributed by atoms with Gasteiger partial charge < -0.3 is 0 Å². The first-order valence-electron chi connectivity index (χ1n) is 6.19. The third kappa shape index (κ3) is 1.09. The summed E-state index contributed by atoms with van der Waals surface area (Å²) in [6, 6.07) is 14.6. The van der Waals surface area contributed by atoms with E-state index >= 15 is 0 Å². The number of alkyl halides is 2. The van der Waals surface area contributed by atoms with E-state index in [4.69, 9.17) is 0 Å². The average Bonchev–Trinajstić information content (AvgIpc) is 2.78. The number of carbonyl (C=O) groups excluding carboxylic acids is 2. The van der Waals surface area contributed by atoms with Crippen molar-refractivity contribution >= 4 is 43.4 Å². The lowest BCUT2D eigenvalue weighted by Crippen LogP contribution is -2.39. The number of ketones is 2. The molecule has 2 unspecified atom stereocenters. The van der Waals surface area contributed by atoms with Gasteiger partial charge in [0.2, 0.25) is 0 Å². The summed E-state index contributed by atoms with van der Waals surface area (Å²) in [5, 5.41) is 0. The highest BCUT2D eigenvalue weighted by Gasteiger charge is 2.70. The molecule has 0 aromatic heterocycles. The molecule has 0 amide bonds. The molecule has 0 N–H and O–H groups in total. The maximum Gasteiger partial charge on any atom is 0.186 e. The predicted octanol–water partition coefficient (Wildman–Crippen LogP) is 3.96. The molecule has 0 heterocycles. The van der Waals surface area contributed by atoms with Crippen LogP contribution in [0.15, 0.2) is 48.5 Å². The molecular weight excluding hydrogens is 384 g/mol. The topological polar surface area (TPSA) is 34.1 Å². The molecule has 0 saturated heterocycles. The second kappa shape index (κ2) is 3.68. The van der Waals surface area contributed by atoms with Crippen molar-refractivity contribution in [3.63, 3.8) is 0 Å². The summed E-state index contributed by atoms with van der Waals surface area (Å²) in [4.78, 5) is 25.8. The number of hydrogen-bond donors (Lipinski definition) is 0. The standard InChI is InChI=1S/C16H8Br2O2/c17-15-11-7-3-1-5-9(11)13(19)16(15,18)12-8-4-2-6-10(12)14(15)20/h1-8H. The maximum absolute atomic E-state index is 12.9. The molecule has 4 rings (SSSR count). The van der Waals surface area contributed by atoms with Crippen LogP contribution in [-0.4, -0.2) is 11.6 Å². The fourth-order valence-corrected chi connectivity index (χ4v) is 5.17. The lowest BCUT2D eigenvalue weighted by atomic mass is 9.92. The molecule has 0 spiro atoms. The normalized spacial score (nSPS) is 30.1. The van der Waals surface area contributed by atoms with Crippen molar-refractivity contribution < 1.29 is 9.59 Å². The number of hydrogen-bond acceptors (Lipinski definition) is 2. The van der Waals surface area contributed by atoms with Gasteiger partial charge in [0.1, 0.15) is 8.65 Å². The Labute approximate surface area is 132 Å². The third-order valence-corrected chi connectivity index (χ3v) is 7.48. The van der Waals surface area contributed by atoms with Gasteiger partial charge in [-0.15, -0.1) is 0 Å². The highest BCUT2D eigenvalue weighted by molar-refractivity contribution is 9.13. The highest BCUT2D eigenvalue weighted by atomic mass is 79.9. The minimum absolute atomic E-state index is 0.0664. The Kier molecular flexibility index (Phi) is 2.30. The van der Waals surface area contributed by atoms with Gasteiger partial charge in [-0.05, 0) is 11.1 Å². The Morgan fingerprint density at radius 2 is 1.00 bits per heavy atom. The molecule has 0 radical (unpaired) electrons. The van der Waals surface area contributed by atoms with Crippen LogP contribution in [0.1, 0.15) is 31.8 Å². The molecule has 0 saturated carbocycles. The SMILES string of the molecule is O=C1c2ccccc2C2(Br)C(=O)c3ccccc3C12Br. The Bertz CT molecular complexity index is 731. The van der Waals surface area contributed by atoms with Crippen LogP contribution < -0.4 is 0 Å². The van der Waals surface area contributed by atoms with Crippen LogP contribution >= 0.6 is 31.9 Å². The van der Waals surface area contributed by atoms with Gasteiger partial charge in [-0.25, -0.2) is 0 Å². The Morgan fingerprint density at radius 1 is 0.650 bits per heavy atom. The quantitative estimate of drug-likeness (QED) is 0.637. The first-order valence-corrected chi connectivity index (χ1v) is 7.78. The maximum atomic E-state index is 12.9. The van der Waals surface area contributed by atoms with Crippen molar-refractivity contribution in [3.05, 3.63) is 70.8 Å². The first-order chi connectivity index (χ1) is 9.53. The molecule has 20 heavy (non-hydrogen) atoms. The van der Waals surface area contributed by atoms with E-state index in [1.54, 1.807) is 12.1 Å². The summed E-state index contributed by atoms with van der Waals surface area (Å²) in [5.41, 5.74) is 2.68. The molecule has 2 aromatic carbocycles. The van der Waals surface area contributed by atoms with Gasteiger partial charge >= 0.3 is 0 Å². The molecule has 98 valence electrons. The average molecular weight is 392 g/mol. The summed E-state index contributed by atoms with van der Waals surface area (Å²) in [6.07, 6.45) is 0. The Morgan fingerprint density at radius 3 is 1.40 bits per heavy atom.